The molecule has 1 saturated heterocycles. The van der Waals surface area contributed by atoms with Crippen LogP contribution >= 0.6 is 11.8 Å². The molecule has 0 atom stereocenters. The minimum absolute atomic E-state index is 0.801. The van der Waals surface area contributed by atoms with Gasteiger partial charge in [-0.15, -0.1) is 11.8 Å². The summed E-state index contributed by atoms with van der Waals surface area (Å²) in [4.78, 5) is 12.9. The van der Waals surface area contributed by atoms with E-state index in [2.05, 4.69) is 58.0 Å². The summed E-state index contributed by atoms with van der Waals surface area (Å²) in [5, 5.41) is 1.32. The first kappa shape index (κ1) is 17.2. The average molecular weight is 365 g/mol. The number of thioether (sulfide) groups is 1. The maximum atomic E-state index is 4.78. The Morgan fingerprint density at radius 3 is 2.85 bits per heavy atom. The largest absolute Gasteiger partial charge is 0.363 e. The third-order valence-corrected chi connectivity index (χ3v) is 5.81. The zero-order valence-corrected chi connectivity index (χ0v) is 16.0. The molecule has 5 heteroatoms. The van der Waals surface area contributed by atoms with Gasteiger partial charge in [0.25, 0.3) is 0 Å². The van der Waals surface area contributed by atoms with E-state index in [0.29, 0.717) is 0 Å². The van der Waals surface area contributed by atoms with Crippen LogP contribution in [0.2, 0.25) is 0 Å². The molecular weight excluding hydrogens is 340 g/mol. The highest BCUT2D eigenvalue weighted by atomic mass is 32.2. The number of aliphatic imine (C=N–C) groups is 1. The van der Waals surface area contributed by atoms with Gasteiger partial charge in [-0.05, 0) is 24.6 Å². The molecule has 0 bridgehead atoms. The van der Waals surface area contributed by atoms with Gasteiger partial charge in [-0.3, -0.25) is 9.98 Å². The number of hydrogen-bond donors (Lipinski definition) is 0. The molecule has 0 aliphatic carbocycles. The van der Waals surface area contributed by atoms with E-state index in [1.165, 1.54) is 28.1 Å². The molecule has 1 aromatic carbocycles. The van der Waals surface area contributed by atoms with E-state index in [1.54, 1.807) is 0 Å². The molecular formula is C21H24N4S. The van der Waals surface area contributed by atoms with Gasteiger partial charge in [0.15, 0.2) is 0 Å². The average Bonchev–Trinajstić information content (AvgIpc) is 3.24. The number of pyridine rings is 1. The Hall–Kier alpha value is -2.27. The second-order valence-electron chi connectivity index (χ2n) is 6.63. The van der Waals surface area contributed by atoms with E-state index in [4.69, 9.17) is 4.99 Å². The van der Waals surface area contributed by atoms with Crippen LogP contribution in [0.15, 0.2) is 64.7 Å². The summed E-state index contributed by atoms with van der Waals surface area (Å²) in [6.07, 6.45) is 6.49. The van der Waals surface area contributed by atoms with E-state index < -0.39 is 0 Å². The van der Waals surface area contributed by atoms with Gasteiger partial charge in [-0.1, -0.05) is 24.3 Å². The lowest BCUT2D eigenvalue weighted by atomic mass is 10.2. The minimum Gasteiger partial charge on any atom is -0.363 e. The highest BCUT2D eigenvalue weighted by Crippen LogP contribution is 2.30. The normalized spacial score (nSPS) is 16.0. The van der Waals surface area contributed by atoms with Crippen molar-refractivity contribution in [1.82, 2.24) is 14.5 Å². The van der Waals surface area contributed by atoms with Crippen molar-refractivity contribution in [3.05, 3.63) is 60.6 Å². The van der Waals surface area contributed by atoms with Crippen LogP contribution in [0, 0.1) is 0 Å². The summed E-state index contributed by atoms with van der Waals surface area (Å²) >= 11 is 1.90. The number of nitrogens with zero attached hydrogens (tertiary/aromatic N) is 4. The van der Waals surface area contributed by atoms with Crippen LogP contribution in [0.5, 0.6) is 0 Å². The molecule has 26 heavy (non-hydrogen) atoms. The summed E-state index contributed by atoms with van der Waals surface area (Å²) in [6.45, 7) is 2.83. The molecule has 2 aromatic heterocycles. The summed E-state index contributed by atoms with van der Waals surface area (Å²) < 4.78 is 2.30. The predicted octanol–water partition coefficient (Wildman–Crippen LogP) is 4.30. The molecule has 1 fully saturated rings. The Morgan fingerprint density at radius 2 is 2.04 bits per heavy atom. The van der Waals surface area contributed by atoms with E-state index in [9.17, 15) is 0 Å². The van der Waals surface area contributed by atoms with Crippen molar-refractivity contribution in [2.45, 2.75) is 24.3 Å². The molecule has 1 aliphatic rings. The highest BCUT2D eigenvalue weighted by Gasteiger charge is 2.13. The quantitative estimate of drug-likeness (QED) is 0.483. The molecule has 1 aliphatic heterocycles. The Bertz CT molecular complexity index is 901. The number of benzene rings is 1. The van der Waals surface area contributed by atoms with Gasteiger partial charge < -0.3 is 9.47 Å². The Morgan fingerprint density at radius 1 is 1.15 bits per heavy atom. The van der Waals surface area contributed by atoms with Gasteiger partial charge in [0.2, 0.25) is 0 Å². The molecule has 0 saturated carbocycles. The lowest BCUT2D eigenvalue weighted by Gasteiger charge is -2.10. The summed E-state index contributed by atoms with van der Waals surface area (Å²) in [7, 11) is 2.14. The third-order valence-electron chi connectivity index (χ3n) is 4.79. The number of para-hydroxylation sites is 1. The van der Waals surface area contributed by atoms with Crippen molar-refractivity contribution in [3.63, 3.8) is 0 Å². The zero-order valence-electron chi connectivity index (χ0n) is 15.1. The fourth-order valence-corrected chi connectivity index (χ4v) is 4.38. The summed E-state index contributed by atoms with van der Waals surface area (Å²) in [6, 6.07) is 14.7. The number of likely N-dealkylation sites (tertiary alicyclic amines) is 1. The second kappa shape index (κ2) is 7.96. The molecule has 4 nitrogen and oxygen atoms in total. The molecule has 3 heterocycles. The smallest absolute Gasteiger partial charge is 0.0987 e. The number of fused-ring (bicyclic) bond motifs is 1. The van der Waals surface area contributed by atoms with Crippen molar-refractivity contribution in [3.8, 4) is 0 Å². The van der Waals surface area contributed by atoms with Gasteiger partial charge >= 0.3 is 0 Å². The first-order chi connectivity index (χ1) is 12.8. The van der Waals surface area contributed by atoms with Crippen LogP contribution in [0.1, 0.15) is 18.5 Å². The lowest BCUT2D eigenvalue weighted by molar-refractivity contribution is 0.548. The van der Waals surface area contributed by atoms with Gasteiger partial charge in [0.05, 0.1) is 24.6 Å². The van der Waals surface area contributed by atoms with E-state index in [-0.39, 0.29) is 0 Å². The third kappa shape index (κ3) is 3.78. The van der Waals surface area contributed by atoms with Crippen LogP contribution in [-0.2, 0) is 6.54 Å². The predicted molar refractivity (Wildman–Crippen MR) is 110 cm³/mol. The first-order valence-corrected chi connectivity index (χ1v) is 10.1. The monoisotopic (exact) mass is 364 g/mol. The molecule has 0 unspecified atom stereocenters. The molecule has 3 aromatic rings. The van der Waals surface area contributed by atoms with E-state index >= 15 is 0 Å². The number of hydrogen-bond acceptors (Lipinski definition) is 3. The molecule has 0 radical (unpaired) electrons. The Kier molecular flexibility index (Phi) is 5.25. The van der Waals surface area contributed by atoms with E-state index in [1.807, 2.05) is 30.1 Å². The zero-order chi connectivity index (χ0) is 17.8. The summed E-state index contributed by atoms with van der Waals surface area (Å²) in [5.74, 6) is 2.28. The minimum atomic E-state index is 0.801. The molecule has 0 N–H and O–H groups in total. The number of amidine groups is 1. The van der Waals surface area contributed by atoms with Crippen molar-refractivity contribution < 1.29 is 0 Å². The van der Waals surface area contributed by atoms with Crippen LogP contribution in [0.4, 0.5) is 0 Å². The summed E-state index contributed by atoms with van der Waals surface area (Å²) in [5.41, 5.74) is 2.35. The second-order valence-corrected chi connectivity index (χ2v) is 7.77. The van der Waals surface area contributed by atoms with Crippen LogP contribution in [0.25, 0.3) is 10.9 Å². The van der Waals surface area contributed by atoms with Crippen molar-refractivity contribution in [2.24, 2.45) is 4.99 Å². The fourth-order valence-electron chi connectivity index (χ4n) is 3.45. The van der Waals surface area contributed by atoms with Gasteiger partial charge in [-0.25, -0.2) is 0 Å². The van der Waals surface area contributed by atoms with Crippen LogP contribution in [-0.4, -0.2) is 46.2 Å². The Balaban J connectivity index is 1.48. The molecule has 134 valence electrons. The Labute approximate surface area is 159 Å². The fraction of sp³-hybridized carbons (Fsp3) is 0.333. The first-order valence-electron chi connectivity index (χ1n) is 9.16. The van der Waals surface area contributed by atoms with Crippen molar-refractivity contribution in [2.75, 3.05) is 25.9 Å². The SMILES string of the molecule is CN1CCCC1=NCCSc1cn(Cc2ccccn2)c2ccccc12. The molecule has 0 amide bonds. The van der Waals surface area contributed by atoms with Crippen molar-refractivity contribution in [1.29, 1.82) is 0 Å². The lowest BCUT2D eigenvalue weighted by Crippen LogP contribution is -2.19. The topological polar surface area (TPSA) is 33.4 Å². The van der Waals surface area contributed by atoms with Gasteiger partial charge in [0, 0.05) is 54.0 Å². The van der Waals surface area contributed by atoms with Crippen LogP contribution in [0.3, 0.4) is 0 Å². The standard InChI is InChI=1S/C21H24N4S/c1-24-13-6-10-21(24)23-12-14-26-20-16-25(15-17-7-4-5-11-22-17)19-9-3-2-8-18(19)20/h2-5,7-9,11,16H,6,10,12-15H2,1H3. The maximum absolute atomic E-state index is 4.78. The number of aromatic nitrogens is 2. The van der Waals surface area contributed by atoms with Crippen LogP contribution < -0.4 is 0 Å². The molecule has 4 rings (SSSR count). The van der Waals surface area contributed by atoms with Gasteiger partial charge in [-0.2, -0.15) is 0 Å². The highest BCUT2D eigenvalue weighted by molar-refractivity contribution is 7.99. The van der Waals surface area contributed by atoms with Gasteiger partial charge in [0.1, 0.15) is 0 Å². The van der Waals surface area contributed by atoms with E-state index in [0.717, 1.165) is 37.5 Å². The number of rotatable bonds is 6. The molecule has 0 spiro atoms. The van der Waals surface area contributed by atoms with Crippen molar-refractivity contribution >= 4 is 28.5 Å². The maximum Gasteiger partial charge on any atom is 0.0987 e.